The summed E-state index contributed by atoms with van der Waals surface area (Å²) in [5.74, 6) is 0.0577. The molecule has 1 saturated carbocycles. The van der Waals surface area contributed by atoms with Gasteiger partial charge in [0, 0.05) is 12.6 Å². The van der Waals surface area contributed by atoms with E-state index >= 15 is 0 Å². The number of rotatable bonds is 8. The second-order valence-electron chi connectivity index (χ2n) is 5.38. The second kappa shape index (κ2) is 6.65. The van der Waals surface area contributed by atoms with Crippen molar-refractivity contribution >= 4 is 16.0 Å². The van der Waals surface area contributed by atoms with Gasteiger partial charge in [-0.25, -0.2) is 18.1 Å². The molecular weight excluding hydrogens is 290 g/mol. The summed E-state index contributed by atoms with van der Waals surface area (Å²) in [4.78, 5) is 4.25. The zero-order chi connectivity index (χ0) is 15.5. The van der Waals surface area contributed by atoms with Gasteiger partial charge in [-0.15, -0.1) is 10.2 Å². The number of nitrogens with one attached hydrogen (secondary N) is 2. The fraction of sp³-hybridized carbons (Fsp3) is 0.769. The number of nitrogens with zero attached hydrogens (tertiary/aromatic N) is 3. The van der Waals surface area contributed by atoms with Crippen molar-refractivity contribution < 1.29 is 8.42 Å². The Hall–Kier alpha value is -1.28. The summed E-state index contributed by atoms with van der Waals surface area (Å²) in [6, 6.07) is 0.482. The summed E-state index contributed by atoms with van der Waals surface area (Å²) < 4.78 is 26.9. The minimum Gasteiger partial charge on any atom is -0.313 e. The maximum absolute atomic E-state index is 12.2. The van der Waals surface area contributed by atoms with Crippen LogP contribution in [0.25, 0.3) is 0 Å². The van der Waals surface area contributed by atoms with Crippen molar-refractivity contribution in [2.75, 3.05) is 11.3 Å². The van der Waals surface area contributed by atoms with Crippen molar-refractivity contribution in [2.24, 2.45) is 0 Å². The van der Waals surface area contributed by atoms with Gasteiger partial charge in [-0.3, -0.25) is 0 Å². The molecule has 0 amide bonds. The molecule has 2 rings (SSSR count). The van der Waals surface area contributed by atoms with E-state index in [0.29, 0.717) is 19.0 Å². The third-order valence-corrected chi connectivity index (χ3v) is 5.24. The maximum atomic E-state index is 12.2. The Kier molecular flexibility index (Phi) is 5.10. The molecule has 0 aromatic carbocycles. The molecule has 8 heteroatoms. The van der Waals surface area contributed by atoms with E-state index < -0.39 is 15.3 Å². The fourth-order valence-corrected chi connectivity index (χ4v) is 2.80. The number of aryl methyl sites for hydroxylation is 2. The molecule has 7 nitrogen and oxygen atoms in total. The molecule has 1 aliphatic rings. The van der Waals surface area contributed by atoms with Gasteiger partial charge in [-0.05, 0) is 32.6 Å². The SMILES string of the molecule is CCc1nnc(NS(=O)(=O)C(C)CNC2CC2)nc1CC. The van der Waals surface area contributed by atoms with E-state index in [4.69, 9.17) is 0 Å². The summed E-state index contributed by atoms with van der Waals surface area (Å²) in [5, 5.41) is 10.6. The Labute approximate surface area is 126 Å². The average Bonchev–Trinajstić information content (AvgIpc) is 3.28. The summed E-state index contributed by atoms with van der Waals surface area (Å²) in [7, 11) is -3.50. The summed E-state index contributed by atoms with van der Waals surface area (Å²) in [6.07, 6.45) is 3.70. The molecule has 1 atom stereocenters. The van der Waals surface area contributed by atoms with Gasteiger partial charge < -0.3 is 5.32 Å². The van der Waals surface area contributed by atoms with Crippen LogP contribution >= 0.6 is 0 Å². The fourth-order valence-electron chi connectivity index (χ4n) is 1.94. The highest BCUT2D eigenvalue weighted by molar-refractivity contribution is 7.93. The zero-order valence-corrected chi connectivity index (χ0v) is 13.6. The van der Waals surface area contributed by atoms with Gasteiger partial charge in [-0.1, -0.05) is 13.8 Å². The standard InChI is InChI=1S/C13H23N5O2S/c1-4-11-12(5-2)16-17-13(15-11)18-21(19,20)9(3)8-14-10-6-7-10/h9-10,14H,4-8H2,1-3H3,(H,15,17,18). The van der Waals surface area contributed by atoms with Gasteiger partial charge in [0.2, 0.25) is 10.0 Å². The minimum atomic E-state index is -3.50. The molecule has 1 heterocycles. The Bertz CT molecular complexity index is 586. The van der Waals surface area contributed by atoms with Crippen LogP contribution in [0.4, 0.5) is 5.95 Å². The number of aromatic nitrogens is 3. The van der Waals surface area contributed by atoms with Crippen LogP contribution in [0.1, 0.15) is 45.0 Å². The normalized spacial score (nSPS) is 16.7. The van der Waals surface area contributed by atoms with Crippen LogP contribution in [0.2, 0.25) is 0 Å². The molecule has 1 unspecified atom stereocenters. The highest BCUT2D eigenvalue weighted by atomic mass is 32.2. The molecule has 1 aliphatic carbocycles. The van der Waals surface area contributed by atoms with Crippen LogP contribution in [0.15, 0.2) is 0 Å². The van der Waals surface area contributed by atoms with Crippen molar-refractivity contribution in [1.82, 2.24) is 20.5 Å². The van der Waals surface area contributed by atoms with E-state index in [-0.39, 0.29) is 5.95 Å². The topological polar surface area (TPSA) is 96.9 Å². The van der Waals surface area contributed by atoms with E-state index in [9.17, 15) is 8.42 Å². The van der Waals surface area contributed by atoms with Crippen LogP contribution in [0.3, 0.4) is 0 Å². The lowest BCUT2D eigenvalue weighted by Gasteiger charge is -2.14. The second-order valence-corrected chi connectivity index (χ2v) is 7.47. The first-order valence-electron chi connectivity index (χ1n) is 7.43. The molecule has 0 spiro atoms. The van der Waals surface area contributed by atoms with Gasteiger partial charge in [-0.2, -0.15) is 0 Å². The molecule has 0 bridgehead atoms. The first kappa shape index (κ1) is 16.1. The highest BCUT2D eigenvalue weighted by Crippen LogP contribution is 2.19. The monoisotopic (exact) mass is 313 g/mol. The van der Waals surface area contributed by atoms with Gasteiger partial charge in [0.25, 0.3) is 5.95 Å². The lowest BCUT2D eigenvalue weighted by Crippen LogP contribution is -2.36. The minimum absolute atomic E-state index is 0.0577. The van der Waals surface area contributed by atoms with Gasteiger partial charge in [0.15, 0.2) is 0 Å². The third kappa shape index (κ3) is 4.34. The van der Waals surface area contributed by atoms with Crippen LogP contribution < -0.4 is 10.0 Å². The summed E-state index contributed by atoms with van der Waals surface area (Å²) in [5.41, 5.74) is 1.60. The molecule has 1 aromatic heterocycles. The van der Waals surface area contributed by atoms with Crippen molar-refractivity contribution in [3.05, 3.63) is 11.4 Å². The van der Waals surface area contributed by atoms with Crippen molar-refractivity contribution in [2.45, 2.75) is 57.7 Å². The average molecular weight is 313 g/mol. The first-order chi connectivity index (χ1) is 9.96. The largest absolute Gasteiger partial charge is 0.313 e. The number of hydrogen-bond acceptors (Lipinski definition) is 6. The van der Waals surface area contributed by atoms with Crippen LogP contribution in [0.5, 0.6) is 0 Å². The van der Waals surface area contributed by atoms with Crippen molar-refractivity contribution in [3.63, 3.8) is 0 Å². The molecule has 0 radical (unpaired) electrons. The van der Waals surface area contributed by atoms with Crippen molar-refractivity contribution in [3.8, 4) is 0 Å². The Morgan fingerprint density at radius 2 is 1.86 bits per heavy atom. The van der Waals surface area contributed by atoms with Gasteiger partial charge in [0.1, 0.15) is 0 Å². The smallest absolute Gasteiger partial charge is 0.256 e. The number of anilines is 1. The summed E-state index contributed by atoms with van der Waals surface area (Å²) in [6.45, 7) is 6.04. The highest BCUT2D eigenvalue weighted by Gasteiger charge is 2.26. The van der Waals surface area contributed by atoms with Gasteiger partial charge >= 0.3 is 0 Å². The lowest BCUT2D eigenvalue weighted by molar-refractivity contribution is 0.575. The molecule has 0 aliphatic heterocycles. The third-order valence-electron chi connectivity index (χ3n) is 3.54. The van der Waals surface area contributed by atoms with Crippen LogP contribution in [0, 0.1) is 0 Å². The van der Waals surface area contributed by atoms with E-state index in [0.717, 1.165) is 30.7 Å². The first-order valence-corrected chi connectivity index (χ1v) is 8.98. The van der Waals surface area contributed by atoms with E-state index in [2.05, 4.69) is 25.2 Å². The predicted molar refractivity (Wildman–Crippen MR) is 81.6 cm³/mol. The maximum Gasteiger partial charge on any atom is 0.256 e. The Morgan fingerprint density at radius 3 is 2.43 bits per heavy atom. The molecule has 0 saturated heterocycles. The molecule has 1 fully saturated rings. The molecule has 2 N–H and O–H groups in total. The Balaban J connectivity index is 2.04. The predicted octanol–water partition coefficient (Wildman–Crippen LogP) is 0.879. The molecular formula is C13H23N5O2S. The summed E-state index contributed by atoms with van der Waals surface area (Å²) >= 11 is 0. The van der Waals surface area contributed by atoms with Crippen LogP contribution in [-0.4, -0.2) is 41.4 Å². The van der Waals surface area contributed by atoms with Gasteiger partial charge in [0.05, 0.1) is 16.6 Å². The van der Waals surface area contributed by atoms with Crippen LogP contribution in [-0.2, 0) is 22.9 Å². The molecule has 21 heavy (non-hydrogen) atoms. The molecule has 1 aromatic rings. The Morgan fingerprint density at radius 1 is 1.19 bits per heavy atom. The quantitative estimate of drug-likeness (QED) is 0.739. The van der Waals surface area contributed by atoms with E-state index in [1.807, 2.05) is 13.8 Å². The van der Waals surface area contributed by atoms with Crippen molar-refractivity contribution in [1.29, 1.82) is 0 Å². The number of sulfonamides is 1. The van der Waals surface area contributed by atoms with E-state index in [1.54, 1.807) is 6.92 Å². The molecule has 118 valence electrons. The zero-order valence-electron chi connectivity index (χ0n) is 12.8. The van der Waals surface area contributed by atoms with E-state index in [1.165, 1.54) is 0 Å². The lowest BCUT2D eigenvalue weighted by atomic mass is 10.2. The number of hydrogen-bond donors (Lipinski definition) is 2.